The summed E-state index contributed by atoms with van der Waals surface area (Å²) < 4.78 is 0. The van der Waals surface area contributed by atoms with Crippen molar-refractivity contribution in [3.63, 3.8) is 0 Å². The van der Waals surface area contributed by atoms with Gasteiger partial charge in [-0.3, -0.25) is 9.59 Å². The molecule has 0 fully saturated rings. The van der Waals surface area contributed by atoms with Crippen molar-refractivity contribution in [2.24, 2.45) is 0 Å². The SMILES string of the molecule is C/C([NH-])=C(/C(=O)Nc1ccccc1)C(=O)c1ccccc1.[Ag+]. The first-order valence-electron chi connectivity index (χ1n) is 6.48. The van der Waals surface area contributed by atoms with Gasteiger partial charge >= 0.3 is 22.4 Å². The van der Waals surface area contributed by atoms with Gasteiger partial charge in [-0.1, -0.05) is 55.5 Å². The van der Waals surface area contributed by atoms with Crippen LogP contribution in [0.25, 0.3) is 5.73 Å². The predicted octanol–water partition coefficient (Wildman–Crippen LogP) is 3.83. The molecular weight excluding hydrogens is 372 g/mol. The topological polar surface area (TPSA) is 70.0 Å². The Morgan fingerprint density at radius 3 is 1.91 bits per heavy atom. The number of allylic oxidation sites excluding steroid dienone is 1. The minimum absolute atomic E-state index is 0. The maximum atomic E-state index is 12.4. The van der Waals surface area contributed by atoms with Gasteiger partial charge in [0.2, 0.25) is 0 Å². The smallest absolute Gasteiger partial charge is 0.702 e. The summed E-state index contributed by atoms with van der Waals surface area (Å²) in [6.45, 7) is 1.43. The zero-order chi connectivity index (χ0) is 15.2. The number of ketones is 1. The van der Waals surface area contributed by atoms with Crippen molar-refractivity contribution in [2.45, 2.75) is 6.92 Å². The van der Waals surface area contributed by atoms with E-state index < -0.39 is 11.7 Å². The molecule has 2 N–H and O–H groups in total. The molecule has 0 saturated heterocycles. The summed E-state index contributed by atoms with van der Waals surface area (Å²) in [6, 6.07) is 17.3. The van der Waals surface area contributed by atoms with Crippen LogP contribution in [0.1, 0.15) is 17.3 Å². The summed E-state index contributed by atoms with van der Waals surface area (Å²) in [6.07, 6.45) is 0. The fourth-order valence-electron chi connectivity index (χ4n) is 1.89. The van der Waals surface area contributed by atoms with Crippen LogP contribution in [0.15, 0.2) is 71.9 Å². The second kappa shape index (κ2) is 8.34. The number of amides is 1. The van der Waals surface area contributed by atoms with Crippen molar-refractivity contribution in [3.05, 3.63) is 83.2 Å². The van der Waals surface area contributed by atoms with Crippen molar-refractivity contribution >= 4 is 17.4 Å². The molecule has 2 aromatic rings. The number of Topliss-reactive ketones (excluding diaryl/α,β-unsaturated/α-hetero) is 1. The van der Waals surface area contributed by atoms with E-state index in [1.54, 1.807) is 54.6 Å². The Morgan fingerprint density at radius 2 is 1.41 bits per heavy atom. The Hall–Kier alpha value is -2.14. The van der Waals surface area contributed by atoms with Crippen LogP contribution in [0.4, 0.5) is 5.69 Å². The molecule has 22 heavy (non-hydrogen) atoms. The molecule has 0 aliphatic heterocycles. The summed E-state index contributed by atoms with van der Waals surface area (Å²) in [5.41, 5.74) is 8.48. The summed E-state index contributed by atoms with van der Waals surface area (Å²) in [5, 5.41) is 2.64. The van der Waals surface area contributed by atoms with Crippen molar-refractivity contribution in [2.75, 3.05) is 5.32 Å². The van der Waals surface area contributed by atoms with Gasteiger partial charge in [0.1, 0.15) is 0 Å². The molecule has 1 amide bonds. The average Bonchev–Trinajstić information content (AvgIpc) is 2.49. The van der Waals surface area contributed by atoms with E-state index in [1.807, 2.05) is 6.07 Å². The summed E-state index contributed by atoms with van der Waals surface area (Å²) in [7, 11) is 0. The van der Waals surface area contributed by atoms with Crippen molar-refractivity contribution in [1.82, 2.24) is 0 Å². The van der Waals surface area contributed by atoms with Crippen LogP contribution in [0.5, 0.6) is 0 Å². The molecule has 0 heterocycles. The van der Waals surface area contributed by atoms with Crippen molar-refractivity contribution in [3.8, 4) is 0 Å². The van der Waals surface area contributed by atoms with Crippen LogP contribution in [-0.2, 0) is 27.2 Å². The molecule has 2 rings (SSSR count). The van der Waals surface area contributed by atoms with E-state index in [9.17, 15) is 9.59 Å². The quantitative estimate of drug-likeness (QED) is 0.285. The number of hydrogen-bond donors (Lipinski definition) is 1. The molecule has 0 aromatic heterocycles. The van der Waals surface area contributed by atoms with Gasteiger partial charge < -0.3 is 11.1 Å². The van der Waals surface area contributed by atoms with E-state index in [-0.39, 0.29) is 33.7 Å². The van der Waals surface area contributed by atoms with E-state index in [2.05, 4.69) is 5.32 Å². The van der Waals surface area contributed by atoms with Gasteiger partial charge in [0.05, 0.1) is 5.57 Å². The Labute approximate surface area is 144 Å². The first-order valence-corrected chi connectivity index (χ1v) is 6.48. The van der Waals surface area contributed by atoms with Crippen LogP contribution < -0.4 is 5.32 Å². The van der Waals surface area contributed by atoms with Crippen molar-refractivity contribution < 1.29 is 32.0 Å². The number of para-hydroxylation sites is 1. The number of carbonyl (C=O) groups excluding carboxylic acids is 2. The fourth-order valence-corrected chi connectivity index (χ4v) is 1.89. The molecule has 2 aromatic carbocycles. The molecule has 0 spiro atoms. The summed E-state index contributed by atoms with van der Waals surface area (Å²) >= 11 is 0. The second-order valence-electron chi connectivity index (χ2n) is 4.52. The zero-order valence-corrected chi connectivity index (χ0v) is 13.4. The van der Waals surface area contributed by atoms with E-state index in [4.69, 9.17) is 5.73 Å². The average molecular weight is 387 g/mol. The van der Waals surface area contributed by atoms with Crippen LogP contribution in [0.2, 0.25) is 0 Å². The van der Waals surface area contributed by atoms with Gasteiger partial charge in [-0.05, 0) is 12.1 Å². The third-order valence-electron chi connectivity index (χ3n) is 2.90. The maximum Gasteiger partial charge on any atom is 1.00 e. The Kier molecular flexibility index (Phi) is 6.79. The Balaban J connectivity index is 0.00000242. The molecule has 0 unspecified atom stereocenters. The summed E-state index contributed by atoms with van der Waals surface area (Å²) in [5.74, 6) is -1.01. The van der Waals surface area contributed by atoms with Crippen LogP contribution in [-0.4, -0.2) is 11.7 Å². The second-order valence-corrected chi connectivity index (χ2v) is 4.52. The van der Waals surface area contributed by atoms with E-state index in [0.717, 1.165) is 0 Å². The Morgan fingerprint density at radius 1 is 0.909 bits per heavy atom. The molecule has 0 bridgehead atoms. The first kappa shape index (κ1) is 17.9. The molecule has 116 valence electrons. The number of anilines is 1. The molecule has 0 saturated carbocycles. The Bertz CT molecular complexity index is 678. The van der Waals surface area contributed by atoms with E-state index in [0.29, 0.717) is 11.3 Å². The predicted molar refractivity (Wildman–Crippen MR) is 82.9 cm³/mol. The molecular formula is C17H15AgN2O2. The number of rotatable bonds is 4. The van der Waals surface area contributed by atoms with Crippen LogP contribution in [0.3, 0.4) is 0 Å². The number of carbonyl (C=O) groups is 2. The van der Waals surface area contributed by atoms with Gasteiger partial charge in [-0.25, -0.2) is 0 Å². The molecule has 0 atom stereocenters. The third kappa shape index (κ3) is 4.43. The normalized spacial score (nSPS) is 11.0. The van der Waals surface area contributed by atoms with Crippen LogP contribution in [0, 0.1) is 0 Å². The largest absolute Gasteiger partial charge is 1.00 e. The van der Waals surface area contributed by atoms with Gasteiger partial charge in [0.15, 0.2) is 5.78 Å². The minimum Gasteiger partial charge on any atom is -0.702 e. The molecule has 5 heteroatoms. The monoisotopic (exact) mass is 386 g/mol. The molecule has 0 radical (unpaired) electrons. The first-order chi connectivity index (χ1) is 10.1. The van der Waals surface area contributed by atoms with E-state index in [1.165, 1.54) is 6.92 Å². The molecule has 0 aliphatic rings. The maximum absolute atomic E-state index is 12.4. The summed E-state index contributed by atoms with van der Waals surface area (Å²) in [4.78, 5) is 24.6. The molecule has 0 aliphatic carbocycles. The number of nitrogens with one attached hydrogen (secondary N) is 2. The minimum atomic E-state index is -0.567. The number of benzene rings is 2. The standard InChI is InChI=1S/C17H16N2O2.Ag/c1-12(18)15(16(20)13-8-4-2-5-9-13)17(21)19-14-10-6-3-7-11-14;/h2-11H,1H3,(H3,18,19,20,21);/q;+1/p-1. The van der Waals surface area contributed by atoms with Gasteiger partial charge in [-0.15, -0.1) is 0 Å². The van der Waals surface area contributed by atoms with Gasteiger partial charge in [0, 0.05) is 11.3 Å². The van der Waals surface area contributed by atoms with Crippen LogP contribution >= 0.6 is 0 Å². The number of hydrogen-bond acceptors (Lipinski definition) is 2. The zero-order valence-electron chi connectivity index (χ0n) is 11.9. The fraction of sp³-hybridized carbons (Fsp3) is 0.0588. The third-order valence-corrected chi connectivity index (χ3v) is 2.90. The van der Waals surface area contributed by atoms with Crippen molar-refractivity contribution in [1.29, 1.82) is 0 Å². The van der Waals surface area contributed by atoms with Gasteiger partial charge in [-0.2, -0.15) is 5.70 Å². The van der Waals surface area contributed by atoms with E-state index >= 15 is 0 Å². The van der Waals surface area contributed by atoms with Gasteiger partial charge in [0.25, 0.3) is 5.91 Å². The molecule has 4 nitrogen and oxygen atoms in total.